The van der Waals surface area contributed by atoms with E-state index in [1.165, 1.54) is 28.7 Å². The highest BCUT2D eigenvalue weighted by Crippen LogP contribution is 2.46. The normalized spacial score (nSPS) is 16.3. The van der Waals surface area contributed by atoms with E-state index in [1.807, 2.05) is 30.5 Å². The van der Waals surface area contributed by atoms with Gasteiger partial charge in [0.2, 0.25) is 0 Å². The number of carbonyl (C=O) groups excluding carboxylic acids is 3. The Morgan fingerprint density at radius 2 is 1.78 bits per heavy atom. The highest BCUT2D eigenvalue weighted by atomic mass is 32.1. The highest BCUT2D eigenvalue weighted by molar-refractivity contribution is 7.23. The number of Topliss-reactive ketones (excluding diaryl/α,β-unsaturated/α-hetero) is 1. The zero-order chi connectivity index (χ0) is 34.4. The quantitative estimate of drug-likeness (QED) is 0.174. The van der Waals surface area contributed by atoms with Gasteiger partial charge in [0.1, 0.15) is 11.6 Å². The highest BCUT2D eigenvalue weighted by Gasteiger charge is 2.45. The number of ether oxygens (including phenoxy) is 1. The molecule has 1 spiro atoms. The van der Waals surface area contributed by atoms with Crippen LogP contribution >= 0.6 is 22.7 Å². The molecule has 0 radical (unpaired) electrons. The third-order valence-corrected chi connectivity index (χ3v) is 12.2. The van der Waals surface area contributed by atoms with Gasteiger partial charge in [0.25, 0.3) is 11.8 Å². The molecule has 0 unspecified atom stereocenters. The van der Waals surface area contributed by atoms with Gasteiger partial charge in [-0.25, -0.2) is 9.37 Å². The number of nitrogens with zero attached hydrogens (tertiary/aromatic N) is 3. The van der Waals surface area contributed by atoms with E-state index in [-0.39, 0.29) is 35.3 Å². The van der Waals surface area contributed by atoms with Gasteiger partial charge in [-0.05, 0) is 96.8 Å². The van der Waals surface area contributed by atoms with Gasteiger partial charge < -0.3 is 19.9 Å². The van der Waals surface area contributed by atoms with Crippen molar-refractivity contribution in [2.75, 3.05) is 48.0 Å². The number of amides is 2. The lowest BCUT2D eigenvalue weighted by Gasteiger charge is -2.53. The summed E-state index contributed by atoms with van der Waals surface area (Å²) in [5, 5.41) is 4.97. The van der Waals surface area contributed by atoms with E-state index in [2.05, 4.69) is 15.2 Å². The molecule has 2 saturated heterocycles. The molecule has 3 aromatic heterocycles. The molecule has 2 fully saturated rings. The maximum absolute atomic E-state index is 14.2. The number of carbonyl (C=O) groups is 3. The molecule has 5 aromatic rings. The average molecular weight is 707 g/mol. The molecule has 3 aliphatic rings. The lowest BCUT2D eigenvalue weighted by molar-refractivity contribution is -0.000511. The largest absolute Gasteiger partial charge is 0.381 e. The molecule has 11 heteroatoms. The van der Waals surface area contributed by atoms with Gasteiger partial charge in [-0.1, -0.05) is 18.2 Å². The molecular formula is C39H35FN4O4S2. The van der Waals surface area contributed by atoms with Crippen molar-refractivity contribution in [2.24, 2.45) is 5.41 Å². The second-order valence-electron chi connectivity index (χ2n) is 13.4. The van der Waals surface area contributed by atoms with Crippen molar-refractivity contribution in [3.05, 3.63) is 117 Å². The standard InChI is InChI=1S/C39H35FN4O4S2/c1-24-18-29(36(41-21-24)43-22-39(23-43)12-15-48-16-13-39)37(46)42-28-8-6-25(7-9-28)38(47)44-14-10-27-20-33(50-34(27)35-31(44)11-17-49-35)32(45)19-26-4-2-3-5-30(26)40/h2-9,11,17-18,20-21H,10,12-16,19,22-23H2,1H3,(H,42,46). The van der Waals surface area contributed by atoms with Crippen LogP contribution in [0.3, 0.4) is 0 Å². The molecule has 0 bridgehead atoms. The molecule has 1 N–H and O–H groups in total. The fraction of sp³-hybridized carbons (Fsp3) is 0.282. The molecule has 3 aliphatic heterocycles. The Balaban J connectivity index is 0.958. The summed E-state index contributed by atoms with van der Waals surface area (Å²) < 4.78 is 19.8. The van der Waals surface area contributed by atoms with Gasteiger partial charge in [0.15, 0.2) is 5.78 Å². The first-order valence-corrected chi connectivity index (χ1v) is 18.5. The minimum Gasteiger partial charge on any atom is -0.381 e. The summed E-state index contributed by atoms with van der Waals surface area (Å²) in [5.74, 6) is -0.187. The van der Waals surface area contributed by atoms with E-state index < -0.39 is 0 Å². The van der Waals surface area contributed by atoms with Crippen molar-refractivity contribution in [1.29, 1.82) is 0 Å². The molecule has 0 atom stereocenters. The summed E-state index contributed by atoms with van der Waals surface area (Å²) in [5.41, 5.74) is 4.98. The maximum Gasteiger partial charge on any atom is 0.259 e. The number of halogens is 1. The maximum atomic E-state index is 14.2. The van der Waals surface area contributed by atoms with Crippen molar-refractivity contribution in [1.82, 2.24) is 4.98 Å². The van der Waals surface area contributed by atoms with Gasteiger partial charge in [-0.2, -0.15) is 0 Å². The van der Waals surface area contributed by atoms with Crippen molar-refractivity contribution in [3.63, 3.8) is 0 Å². The number of anilines is 3. The fourth-order valence-corrected chi connectivity index (χ4v) is 9.40. The van der Waals surface area contributed by atoms with Crippen LogP contribution in [0.2, 0.25) is 0 Å². The number of aromatic nitrogens is 1. The number of pyridine rings is 1. The van der Waals surface area contributed by atoms with E-state index in [0.29, 0.717) is 46.0 Å². The van der Waals surface area contributed by atoms with E-state index in [0.717, 1.165) is 65.7 Å². The average Bonchev–Trinajstić information content (AvgIpc) is 3.74. The van der Waals surface area contributed by atoms with Crippen molar-refractivity contribution in [2.45, 2.75) is 32.6 Å². The summed E-state index contributed by atoms with van der Waals surface area (Å²) in [6, 6.07) is 19.1. The molecule has 2 aromatic carbocycles. The smallest absolute Gasteiger partial charge is 0.259 e. The summed E-state index contributed by atoms with van der Waals surface area (Å²) >= 11 is 2.94. The first kappa shape index (κ1) is 32.5. The lowest BCUT2D eigenvalue weighted by atomic mass is 9.73. The predicted octanol–water partition coefficient (Wildman–Crippen LogP) is 7.82. The number of ketones is 1. The molecule has 254 valence electrons. The fourth-order valence-electron chi connectivity index (χ4n) is 7.16. The Morgan fingerprint density at radius 1 is 1.00 bits per heavy atom. The summed E-state index contributed by atoms with van der Waals surface area (Å²) in [4.78, 5) is 51.7. The third kappa shape index (κ3) is 6.14. The van der Waals surface area contributed by atoms with Crippen molar-refractivity contribution >= 4 is 57.5 Å². The Labute approximate surface area is 297 Å². The van der Waals surface area contributed by atoms with E-state index in [9.17, 15) is 18.8 Å². The van der Waals surface area contributed by atoms with Crippen LogP contribution in [0.1, 0.15) is 59.9 Å². The molecule has 50 heavy (non-hydrogen) atoms. The Bertz CT molecular complexity index is 2110. The van der Waals surface area contributed by atoms with Crippen LogP contribution in [0.5, 0.6) is 0 Å². The minimum absolute atomic E-state index is 0.00271. The SMILES string of the molecule is Cc1cnc(N2CC3(CCOCC3)C2)c(C(=O)Nc2ccc(C(=O)N3CCc4cc(C(=O)Cc5ccccc5F)sc4-c4sccc43)cc2)c1. The number of hydrogen-bond acceptors (Lipinski definition) is 8. The number of rotatable bonds is 7. The summed E-state index contributed by atoms with van der Waals surface area (Å²) in [6.07, 6.45) is 4.45. The number of benzene rings is 2. The second-order valence-corrected chi connectivity index (χ2v) is 15.4. The van der Waals surface area contributed by atoms with Crippen molar-refractivity contribution < 1.29 is 23.5 Å². The number of thiophene rings is 2. The number of nitrogens with one attached hydrogen (secondary N) is 1. The molecule has 0 aliphatic carbocycles. The predicted molar refractivity (Wildman–Crippen MR) is 196 cm³/mol. The molecule has 8 rings (SSSR count). The third-order valence-electron chi connectivity index (χ3n) is 9.93. The number of hydrogen-bond donors (Lipinski definition) is 1. The van der Waals surface area contributed by atoms with Crippen LogP contribution in [0.4, 0.5) is 21.6 Å². The number of aryl methyl sites for hydroxylation is 1. The molecular weight excluding hydrogens is 672 g/mol. The van der Waals surface area contributed by atoms with E-state index in [1.54, 1.807) is 53.6 Å². The summed E-state index contributed by atoms with van der Waals surface area (Å²) in [6.45, 7) is 5.68. The Hall–Kier alpha value is -4.71. The summed E-state index contributed by atoms with van der Waals surface area (Å²) in [7, 11) is 0. The second kappa shape index (κ2) is 13.2. The topological polar surface area (TPSA) is 91.8 Å². The van der Waals surface area contributed by atoms with Crippen LogP contribution in [0.15, 0.2) is 78.3 Å². The van der Waals surface area contributed by atoms with Crippen LogP contribution in [0, 0.1) is 18.2 Å². The van der Waals surface area contributed by atoms with Crippen molar-refractivity contribution in [3.8, 4) is 9.75 Å². The molecule has 0 saturated carbocycles. The van der Waals surface area contributed by atoms with Gasteiger partial charge in [0, 0.05) is 62.1 Å². The monoisotopic (exact) mass is 706 g/mol. The molecule has 8 nitrogen and oxygen atoms in total. The molecule has 2 amide bonds. The van der Waals surface area contributed by atoms with Crippen LogP contribution in [-0.2, 0) is 17.6 Å². The zero-order valence-electron chi connectivity index (χ0n) is 27.5. The van der Waals surface area contributed by atoms with Gasteiger partial charge in [-0.3, -0.25) is 14.4 Å². The van der Waals surface area contributed by atoms with Gasteiger partial charge in [-0.15, -0.1) is 22.7 Å². The van der Waals surface area contributed by atoms with Crippen LogP contribution < -0.4 is 15.1 Å². The van der Waals surface area contributed by atoms with E-state index >= 15 is 0 Å². The first-order chi connectivity index (χ1) is 24.3. The van der Waals surface area contributed by atoms with Crippen LogP contribution in [-0.4, -0.2) is 55.4 Å². The lowest BCUT2D eigenvalue weighted by Crippen LogP contribution is -2.59. The Kier molecular flexibility index (Phi) is 8.58. The van der Waals surface area contributed by atoms with E-state index in [4.69, 9.17) is 4.74 Å². The Morgan fingerprint density at radius 3 is 2.56 bits per heavy atom. The minimum atomic E-state index is -0.382. The zero-order valence-corrected chi connectivity index (χ0v) is 29.2. The number of fused-ring (bicyclic) bond motifs is 3. The van der Waals surface area contributed by atoms with Crippen LogP contribution in [0.25, 0.3) is 9.75 Å². The first-order valence-electron chi connectivity index (χ1n) is 16.8. The molecule has 6 heterocycles. The van der Waals surface area contributed by atoms with Gasteiger partial charge >= 0.3 is 0 Å². The van der Waals surface area contributed by atoms with Gasteiger partial charge in [0.05, 0.1) is 25.9 Å².